The van der Waals surface area contributed by atoms with Gasteiger partial charge in [-0.1, -0.05) is 320 Å². The van der Waals surface area contributed by atoms with Crippen molar-refractivity contribution in [3.05, 3.63) is 36.5 Å². The first-order chi connectivity index (χ1) is 38.0. The molecule has 0 spiro atoms. The third kappa shape index (κ3) is 63.1. The molecule has 0 aliphatic heterocycles. The van der Waals surface area contributed by atoms with Crippen LogP contribution in [0.15, 0.2) is 36.5 Å². The first-order valence-electron chi connectivity index (χ1n) is 34.7. The maximum atomic E-state index is 12.5. The molecule has 0 bridgehead atoms. The fourth-order valence-electron chi connectivity index (χ4n) is 10.8. The largest absolute Gasteiger partial charge is 0.466 e. The van der Waals surface area contributed by atoms with Crippen LogP contribution in [0.5, 0.6) is 0 Å². The topological polar surface area (TPSA) is 95.9 Å². The quantitative estimate of drug-likeness (QED) is 0.0320. The van der Waals surface area contributed by atoms with Gasteiger partial charge in [0.25, 0.3) is 0 Å². The van der Waals surface area contributed by atoms with E-state index in [1.807, 2.05) is 0 Å². The van der Waals surface area contributed by atoms with Crippen molar-refractivity contribution in [2.24, 2.45) is 0 Å². The van der Waals surface area contributed by atoms with Crippen LogP contribution in [-0.4, -0.2) is 47.4 Å². The number of aliphatic hydroxyl groups excluding tert-OH is 2. The van der Waals surface area contributed by atoms with Gasteiger partial charge in [-0.05, 0) is 83.5 Å². The normalized spacial score (nSPS) is 12.7. The average molecular weight is 1080 g/mol. The van der Waals surface area contributed by atoms with Crippen LogP contribution >= 0.6 is 0 Å². The third-order valence-corrected chi connectivity index (χ3v) is 16.2. The molecule has 0 aromatic heterocycles. The first-order valence-corrected chi connectivity index (χ1v) is 34.7. The summed E-state index contributed by atoms with van der Waals surface area (Å²) < 4.78 is 5.49. The van der Waals surface area contributed by atoms with E-state index < -0.39 is 12.1 Å². The number of rotatable bonds is 65. The highest BCUT2D eigenvalue weighted by atomic mass is 16.5. The van der Waals surface area contributed by atoms with E-state index in [2.05, 4.69) is 55.6 Å². The zero-order valence-corrected chi connectivity index (χ0v) is 52.0. The molecule has 0 aromatic carbocycles. The number of allylic oxidation sites excluding steroid dienone is 6. The smallest absolute Gasteiger partial charge is 0.305 e. The molecular formula is C71H135NO5. The highest BCUT2D eigenvalue weighted by Gasteiger charge is 2.20. The molecule has 3 N–H and O–H groups in total. The number of aliphatic hydroxyl groups is 2. The van der Waals surface area contributed by atoms with Gasteiger partial charge in [-0.3, -0.25) is 9.59 Å². The van der Waals surface area contributed by atoms with E-state index in [1.165, 1.54) is 295 Å². The molecule has 454 valence electrons. The molecule has 1 amide bonds. The van der Waals surface area contributed by atoms with Gasteiger partial charge >= 0.3 is 5.97 Å². The van der Waals surface area contributed by atoms with Crippen molar-refractivity contribution in [2.45, 2.75) is 392 Å². The second-order valence-corrected chi connectivity index (χ2v) is 23.9. The van der Waals surface area contributed by atoms with E-state index in [0.717, 1.165) is 51.4 Å². The van der Waals surface area contributed by atoms with Crippen molar-refractivity contribution in [3.8, 4) is 0 Å². The number of amides is 1. The molecule has 0 radical (unpaired) electrons. The van der Waals surface area contributed by atoms with E-state index in [4.69, 9.17) is 4.74 Å². The first kappa shape index (κ1) is 75.1. The molecule has 2 unspecified atom stereocenters. The van der Waals surface area contributed by atoms with Gasteiger partial charge in [-0.25, -0.2) is 0 Å². The van der Waals surface area contributed by atoms with Gasteiger partial charge < -0.3 is 20.3 Å². The van der Waals surface area contributed by atoms with Crippen molar-refractivity contribution in [3.63, 3.8) is 0 Å². The Labute approximate surface area is 481 Å². The molecule has 0 aromatic rings. The fourth-order valence-corrected chi connectivity index (χ4v) is 10.8. The molecule has 0 rings (SSSR count). The molecule has 2 atom stereocenters. The third-order valence-electron chi connectivity index (χ3n) is 16.2. The van der Waals surface area contributed by atoms with E-state index in [0.29, 0.717) is 25.9 Å². The van der Waals surface area contributed by atoms with Crippen LogP contribution in [0, 0.1) is 0 Å². The minimum Gasteiger partial charge on any atom is -0.466 e. The lowest BCUT2D eigenvalue weighted by Gasteiger charge is -2.22. The molecule has 0 aliphatic carbocycles. The Morgan fingerprint density at radius 3 is 1.03 bits per heavy atom. The summed E-state index contributed by atoms with van der Waals surface area (Å²) in [6.07, 6.45) is 84.6. The van der Waals surface area contributed by atoms with Crippen LogP contribution < -0.4 is 5.32 Å². The monoisotopic (exact) mass is 1080 g/mol. The van der Waals surface area contributed by atoms with E-state index in [9.17, 15) is 19.8 Å². The maximum Gasteiger partial charge on any atom is 0.305 e. The number of hydrogen-bond acceptors (Lipinski definition) is 5. The molecule has 0 fully saturated rings. The van der Waals surface area contributed by atoms with Crippen LogP contribution in [0.2, 0.25) is 0 Å². The van der Waals surface area contributed by atoms with Crippen LogP contribution in [0.25, 0.3) is 0 Å². The predicted molar refractivity (Wildman–Crippen MR) is 338 cm³/mol. The number of ether oxygens (including phenoxy) is 1. The molecule has 6 nitrogen and oxygen atoms in total. The van der Waals surface area contributed by atoms with Crippen molar-refractivity contribution in [2.75, 3.05) is 13.2 Å². The highest BCUT2D eigenvalue weighted by Crippen LogP contribution is 2.18. The highest BCUT2D eigenvalue weighted by molar-refractivity contribution is 5.76. The SMILES string of the molecule is CCCCC/C=C\C/C=C\CCCCCCCCCC(=O)OCCCCCCCCCCC/C=C\CCCCCCCCCC(=O)NC(CO)C(O)CCCCCCCCCCCCCCCCCCCCCCCCC. The minimum atomic E-state index is -0.672. The van der Waals surface area contributed by atoms with Crippen molar-refractivity contribution in [1.82, 2.24) is 5.32 Å². The molecule has 0 aliphatic rings. The van der Waals surface area contributed by atoms with Gasteiger partial charge in [-0.15, -0.1) is 0 Å². The Morgan fingerprint density at radius 2 is 0.649 bits per heavy atom. The maximum absolute atomic E-state index is 12.5. The van der Waals surface area contributed by atoms with Crippen molar-refractivity contribution in [1.29, 1.82) is 0 Å². The van der Waals surface area contributed by atoms with E-state index in [1.54, 1.807) is 0 Å². The summed E-state index contributed by atoms with van der Waals surface area (Å²) >= 11 is 0. The van der Waals surface area contributed by atoms with Gasteiger partial charge in [0.15, 0.2) is 0 Å². The van der Waals surface area contributed by atoms with Crippen molar-refractivity contribution >= 4 is 11.9 Å². The summed E-state index contributed by atoms with van der Waals surface area (Å²) in [6.45, 7) is 4.95. The number of nitrogens with one attached hydrogen (secondary N) is 1. The predicted octanol–water partition coefficient (Wildman–Crippen LogP) is 22.3. The number of hydrogen-bond donors (Lipinski definition) is 3. The number of unbranched alkanes of at least 4 members (excludes halogenated alkanes) is 48. The zero-order valence-electron chi connectivity index (χ0n) is 52.0. The van der Waals surface area contributed by atoms with Crippen LogP contribution in [0.4, 0.5) is 0 Å². The van der Waals surface area contributed by atoms with Gasteiger partial charge in [0.1, 0.15) is 0 Å². The Hall–Kier alpha value is -1.92. The summed E-state index contributed by atoms with van der Waals surface area (Å²) in [4.78, 5) is 24.6. The molecule has 6 heteroatoms. The summed E-state index contributed by atoms with van der Waals surface area (Å²) in [5.41, 5.74) is 0. The molecule has 0 heterocycles. The molecule has 77 heavy (non-hydrogen) atoms. The Morgan fingerprint density at radius 1 is 0.364 bits per heavy atom. The summed E-state index contributed by atoms with van der Waals surface area (Å²) in [5.74, 6) is -0.0408. The van der Waals surface area contributed by atoms with Crippen molar-refractivity contribution < 1.29 is 24.5 Å². The van der Waals surface area contributed by atoms with Gasteiger partial charge in [0.05, 0.1) is 25.4 Å². The standard InChI is InChI=1S/C71H135NO5/c1-3-5-7-9-11-13-15-17-19-21-22-23-24-25-28-32-35-39-43-47-51-55-59-63-69(74)68(67-73)72-70(75)64-60-56-52-48-44-40-36-33-29-26-27-30-34-38-42-46-50-54-58-62-66-77-71(76)65-61-57-53-49-45-41-37-31-20-18-16-14-12-10-8-6-4-2/h12,14,18,20,26,29,68-69,73-74H,3-11,13,15-17,19,21-25,27-28,30-67H2,1-2H3,(H,72,75)/b14-12-,20-18-,29-26-. The van der Waals surface area contributed by atoms with Gasteiger partial charge in [0.2, 0.25) is 5.91 Å². The van der Waals surface area contributed by atoms with E-state index >= 15 is 0 Å². The number of carbonyl (C=O) groups is 2. The lowest BCUT2D eigenvalue weighted by atomic mass is 10.0. The lowest BCUT2D eigenvalue weighted by Crippen LogP contribution is -2.45. The summed E-state index contributed by atoms with van der Waals surface area (Å²) in [7, 11) is 0. The second kappa shape index (κ2) is 66.6. The Kier molecular flexibility index (Phi) is 64.9. The van der Waals surface area contributed by atoms with Crippen LogP contribution in [0.3, 0.4) is 0 Å². The molecule has 0 saturated carbocycles. The molecular weight excluding hydrogens is 947 g/mol. The Bertz CT molecular complexity index is 1250. The second-order valence-electron chi connectivity index (χ2n) is 23.9. The van der Waals surface area contributed by atoms with Crippen LogP contribution in [0.1, 0.15) is 380 Å². The summed E-state index contributed by atoms with van der Waals surface area (Å²) in [6, 6.07) is -0.550. The number of carbonyl (C=O) groups excluding carboxylic acids is 2. The van der Waals surface area contributed by atoms with Crippen LogP contribution in [-0.2, 0) is 14.3 Å². The zero-order chi connectivity index (χ0) is 55.7. The van der Waals surface area contributed by atoms with Gasteiger partial charge in [0, 0.05) is 12.8 Å². The summed E-state index contributed by atoms with van der Waals surface area (Å²) in [5, 5.41) is 23.4. The average Bonchev–Trinajstić information content (AvgIpc) is 3.43. The van der Waals surface area contributed by atoms with Gasteiger partial charge in [-0.2, -0.15) is 0 Å². The minimum absolute atomic E-state index is 0.000798. The number of esters is 1. The molecule has 0 saturated heterocycles. The lowest BCUT2D eigenvalue weighted by molar-refractivity contribution is -0.143. The van der Waals surface area contributed by atoms with E-state index in [-0.39, 0.29) is 18.5 Å². The fraction of sp³-hybridized carbons (Fsp3) is 0.887. The Balaban J connectivity index is 3.43.